The monoisotopic (exact) mass is 309 g/mol. The van der Waals surface area contributed by atoms with E-state index in [1.165, 1.54) is 6.20 Å². The molecule has 0 bridgehead atoms. The Morgan fingerprint density at radius 3 is 2.73 bits per heavy atom. The van der Waals surface area contributed by atoms with Crippen molar-refractivity contribution in [2.75, 3.05) is 6.61 Å². The zero-order valence-corrected chi connectivity index (χ0v) is 11.6. The van der Waals surface area contributed by atoms with Gasteiger partial charge < -0.3 is 25.0 Å². The summed E-state index contributed by atoms with van der Waals surface area (Å²) in [5, 5.41) is 29.3. The number of nitrogens with one attached hydrogen (secondary N) is 1. The van der Waals surface area contributed by atoms with E-state index in [9.17, 15) is 19.8 Å². The first-order valence-electron chi connectivity index (χ1n) is 6.67. The molecule has 118 valence electrons. The summed E-state index contributed by atoms with van der Waals surface area (Å²) in [6.45, 7) is 1.12. The van der Waals surface area contributed by atoms with Gasteiger partial charge in [0.2, 0.25) is 0 Å². The van der Waals surface area contributed by atoms with Gasteiger partial charge >= 0.3 is 5.69 Å². The molecule has 9 nitrogen and oxygen atoms in total. The van der Waals surface area contributed by atoms with Gasteiger partial charge in [0.15, 0.2) is 6.23 Å². The second-order valence-corrected chi connectivity index (χ2v) is 5.25. The average Bonchev–Trinajstić information content (AvgIpc) is 2.76. The Hall–Kier alpha value is -2.07. The highest BCUT2D eigenvalue weighted by Crippen LogP contribution is 2.28. The number of aliphatic hydroxyl groups excluding tert-OH is 3. The molecule has 2 aromatic heterocycles. The van der Waals surface area contributed by atoms with Crippen molar-refractivity contribution < 1.29 is 20.1 Å². The maximum Gasteiger partial charge on any atom is 0.351 e. The third-order valence-electron chi connectivity index (χ3n) is 3.73. The Morgan fingerprint density at radius 1 is 1.36 bits per heavy atom. The van der Waals surface area contributed by atoms with E-state index in [0.29, 0.717) is 10.9 Å². The molecule has 4 atom stereocenters. The van der Waals surface area contributed by atoms with Crippen LogP contribution in [0.2, 0.25) is 0 Å². The van der Waals surface area contributed by atoms with Crippen molar-refractivity contribution >= 4 is 11.0 Å². The molecule has 0 aliphatic carbocycles. The van der Waals surface area contributed by atoms with E-state index in [2.05, 4.69) is 9.97 Å². The molecule has 0 spiro atoms. The van der Waals surface area contributed by atoms with Crippen molar-refractivity contribution in [2.24, 2.45) is 0 Å². The van der Waals surface area contributed by atoms with Crippen LogP contribution in [0, 0.1) is 6.92 Å². The first-order valence-corrected chi connectivity index (χ1v) is 6.67. The summed E-state index contributed by atoms with van der Waals surface area (Å²) >= 11 is 0. The van der Waals surface area contributed by atoms with Gasteiger partial charge in [-0.3, -0.25) is 9.36 Å². The Labute approximate surface area is 123 Å². The number of hydrogen-bond donors (Lipinski definition) is 4. The molecule has 3 rings (SSSR count). The standard InChI is InChI=1S/C13H15N3O6/c1-5-2-6-3-16(13(21)15-10(6)14-11(5)20)12-9(19)8(18)7(4-17)22-12/h2-3,7-9,12,17-19H,4H2,1H3,(H,14,15,20,21)/t7-,8?,9+,12-/m1/s1. The Bertz CT molecular complexity index is 829. The molecule has 0 aromatic carbocycles. The van der Waals surface area contributed by atoms with Gasteiger partial charge in [0.25, 0.3) is 5.56 Å². The molecule has 2 aromatic rings. The van der Waals surface area contributed by atoms with Gasteiger partial charge in [0.1, 0.15) is 24.0 Å². The summed E-state index contributed by atoms with van der Waals surface area (Å²) in [4.78, 5) is 29.8. The van der Waals surface area contributed by atoms with Gasteiger partial charge in [-0.2, -0.15) is 4.98 Å². The number of aryl methyl sites for hydroxylation is 1. The van der Waals surface area contributed by atoms with E-state index in [1.807, 2.05) is 0 Å². The van der Waals surface area contributed by atoms with Crippen molar-refractivity contribution in [3.63, 3.8) is 0 Å². The molecule has 1 unspecified atom stereocenters. The van der Waals surface area contributed by atoms with Crippen LogP contribution in [0.25, 0.3) is 11.0 Å². The third-order valence-corrected chi connectivity index (χ3v) is 3.73. The number of aliphatic hydroxyl groups is 3. The van der Waals surface area contributed by atoms with Crippen molar-refractivity contribution in [3.8, 4) is 0 Å². The number of pyridine rings is 1. The van der Waals surface area contributed by atoms with Gasteiger partial charge in [0, 0.05) is 17.1 Å². The molecule has 3 heterocycles. The molecule has 1 saturated heterocycles. The summed E-state index contributed by atoms with van der Waals surface area (Å²) in [5.74, 6) is 0. The highest BCUT2D eigenvalue weighted by atomic mass is 16.6. The lowest BCUT2D eigenvalue weighted by molar-refractivity contribution is -0.0547. The SMILES string of the molecule is Cc1cc2cn([C@@H]3O[C@H](CO)C(O)[C@@H]3O)c(=O)nc2[nH]c1=O. The highest BCUT2D eigenvalue weighted by Gasteiger charge is 2.43. The molecule has 1 aliphatic rings. The van der Waals surface area contributed by atoms with E-state index >= 15 is 0 Å². The fourth-order valence-electron chi connectivity index (χ4n) is 2.49. The minimum atomic E-state index is -1.38. The highest BCUT2D eigenvalue weighted by molar-refractivity contribution is 5.73. The predicted octanol–water partition coefficient (Wildman–Crippen LogP) is -2.00. The second kappa shape index (κ2) is 5.29. The van der Waals surface area contributed by atoms with Crippen molar-refractivity contribution in [2.45, 2.75) is 31.5 Å². The lowest BCUT2D eigenvalue weighted by Crippen LogP contribution is -2.36. The molecule has 4 N–H and O–H groups in total. The van der Waals surface area contributed by atoms with Crippen LogP contribution in [0.4, 0.5) is 0 Å². The fraction of sp³-hybridized carbons (Fsp3) is 0.462. The van der Waals surface area contributed by atoms with Gasteiger partial charge in [-0.05, 0) is 13.0 Å². The minimum Gasteiger partial charge on any atom is -0.394 e. The van der Waals surface area contributed by atoms with Gasteiger partial charge in [-0.25, -0.2) is 4.79 Å². The van der Waals surface area contributed by atoms with Crippen LogP contribution in [0.1, 0.15) is 11.8 Å². The Balaban J connectivity index is 2.12. The molecule has 1 aliphatic heterocycles. The first-order chi connectivity index (χ1) is 10.4. The van der Waals surface area contributed by atoms with Gasteiger partial charge in [0.05, 0.1) is 6.61 Å². The Morgan fingerprint density at radius 2 is 2.09 bits per heavy atom. The van der Waals surface area contributed by atoms with Crippen molar-refractivity contribution in [1.29, 1.82) is 0 Å². The molecule has 0 radical (unpaired) electrons. The van der Waals surface area contributed by atoms with Crippen LogP contribution < -0.4 is 11.2 Å². The quantitative estimate of drug-likeness (QED) is 0.503. The van der Waals surface area contributed by atoms with E-state index in [4.69, 9.17) is 9.84 Å². The fourth-order valence-corrected chi connectivity index (χ4v) is 2.49. The molecule has 9 heteroatoms. The Kier molecular flexibility index (Phi) is 3.57. The smallest absolute Gasteiger partial charge is 0.351 e. The van der Waals surface area contributed by atoms with Crippen LogP contribution in [0.15, 0.2) is 21.9 Å². The van der Waals surface area contributed by atoms with Crippen LogP contribution in [0.3, 0.4) is 0 Å². The van der Waals surface area contributed by atoms with E-state index in [0.717, 1.165) is 4.57 Å². The van der Waals surface area contributed by atoms with Gasteiger partial charge in [-0.15, -0.1) is 0 Å². The molecular weight excluding hydrogens is 294 g/mol. The van der Waals surface area contributed by atoms with Crippen LogP contribution in [-0.4, -0.2) is 54.8 Å². The lowest BCUT2D eigenvalue weighted by atomic mass is 10.1. The summed E-state index contributed by atoms with van der Waals surface area (Å²) in [7, 11) is 0. The van der Waals surface area contributed by atoms with E-state index in [1.54, 1.807) is 13.0 Å². The number of rotatable bonds is 2. The summed E-state index contributed by atoms with van der Waals surface area (Å²) in [6, 6.07) is 1.55. The summed E-state index contributed by atoms with van der Waals surface area (Å²) in [5.41, 5.74) is -0.517. The van der Waals surface area contributed by atoms with E-state index < -0.39 is 36.8 Å². The minimum absolute atomic E-state index is 0.128. The number of fused-ring (bicyclic) bond motifs is 1. The third kappa shape index (κ3) is 2.24. The van der Waals surface area contributed by atoms with Crippen LogP contribution in [0.5, 0.6) is 0 Å². The average molecular weight is 309 g/mol. The molecule has 0 saturated carbocycles. The normalized spacial score (nSPS) is 28.4. The van der Waals surface area contributed by atoms with Crippen LogP contribution in [-0.2, 0) is 4.74 Å². The van der Waals surface area contributed by atoms with Crippen molar-refractivity contribution in [3.05, 3.63) is 38.7 Å². The summed E-state index contributed by atoms with van der Waals surface area (Å²) in [6.07, 6.45) is -3.45. The molecular formula is C13H15N3O6. The number of H-pyrrole nitrogens is 1. The summed E-state index contributed by atoms with van der Waals surface area (Å²) < 4.78 is 6.34. The zero-order valence-electron chi connectivity index (χ0n) is 11.6. The number of aromatic nitrogens is 3. The largest absolute Gasteiger partial charge is 0.394 e. The predicted molar refractivity (Wildman–Crippen MR) is 74.4 cm³/mol. The number of nitrogens with zero attached hydrogens (tertiary/aromatic N) is 2. The van der Waals surface area contributed by atoms with E-state index in [-0.39, 0.29) is 11.2 Å². The van der Waals surface area contributed by atoms with Gasteiger partial charge in [-0.1, -0.05) is 0 Å². The molecule has 22 heavy (non-hydrogen) atoms. The number of ether oxygens (including phenoxy) is 1. The molecule has 1 fully saturated rings. The number of hydrogen-bond acceptors (Lipinski definition) is 7. The second-order valence-electron chi connectivity index (χ2n) is 5.25. The maximum absolute atomic E-state index is 12.1. The van der Waals surface area contributed by atoms with Crippen LogP contribution >= 0.6 is 0 Å². The lowest BCUT2D eigenvalue weighted by Gasteiger charge is -2.17. The maximum atomic E-state index is 12.1. The topological polar surface area (TPSA) is 138 Å². The van der Waals surface area contributed by atoms with Crippen molar-refractivity contribution in [1.82, 2.24) is 14.5 Å². The molecule has 0 amide bonds. The zero-order chi connectivity index (χ0) is 16.0. The first kappa shape index (κ1) is 14.9. The number of aromatic amines is 1.